The molecule has 0 radical (unpaired) electrons. The summed E-state index contributed by atoms with van der Waals surface area (Å²) in [6.07, 6.45) is 2.59. The van der Waals surface area contributed by atoms with Crippen LogP contribution >= 0.6 is 0 Å². The molecule has 0 unspecified atom stereocenters. The smallest absolute Gasteiger partial charge is 0.246 e. The van der Waals surface area contributed by atoms with Gasteiger partial charge in [0.25, 0.3) is 0 Å². The van der Waals surface area contributed by atoms with Crippen LogP contribution in [0.5, 0.6) is 0 Å². The SMILES string of the molecule is CCN(C)C(=O)/C=C1/CCc2c(F)cc(F)cc21. The molecular weight excluding hydrogens is 236 g/mol. The van der Waals surface area contributed by atoms with Crippen LogP contribution in [0.1, 0.15) is 24.5 Å². The van der Waals surface area contributed by atoms with E-state index in [1.807, 2.05) is 6.92 Å². The molecule has 0 fully saturated rings. The van der Waals surface area contributed by atoms with Crippen LogP contribution in [0.4, 0.5) is 8.78 Å². The standard InChI is InChI=1S/C14H15F2NO/c1-3-17(2)14(18)6-9-4-5-11-12(9)7-10(15)8-13(11)16/h6-8H,3-5H2,1-2H3/b9-6-. The van der Waals surface area contributed by atoms with Crippen LogP contribution in [-0.2, 0) is 11.2 Å². The van der Waals surface area contributed by atoms with Crippen LogP contribution in [0.15, 0.2) is 18.2 Å². The molecule has 96 valence electrons. The lowest BCUT2D eigenvalue weighted by molar-refractivity contribution is -0.124. The number of rotatable bonds is 2. The van der Waals surface area contributed by atoms with E-state index in [-0.39, 0.29) is 5.91 Å². The van der Waals surface area contributed by atoms with Gasteiger partial charge in [-0.3, -0.25) is 4.79 Å². The molecule has 0 saturated carbocycles. The average Bonchev–Trinajstić information content (AvgIpc) is 2.71. The van der Waals surface area contributed by atoms with Crippen LogP contribution in [-0.4, -0.2) is 24.4 Å². The number of carbonyl (C=O) groups is 1. The molecule has 4 heteroatoms. The van der Waals surface area contributed by atoms with E-state index < -0.39 is 11.6 Å². The number of likely N-dealkylation sites (N-methyl/N-ethyl adjacent to an activating group) is 1. The average molecular weight is 251 g/mol. The number of amides is 1. The van der Waals surface area contributed by atoms with Gasteiger partial charge in [-0.15, -0.1) is 0 Å². The van der Waals surface area contributed by atoms with Crippen molar-refractivity contribution in [2.45, 2.75) is 19.8 Å². The first-order chi connectivity index (χ1) is 8.52. The summed E-state index contributed by atoms with van der Waals surface area (Å²) in [6, 6.07) is 2.19. The van der Waals surface area contributed by atoms with Crippen LogP contribution in [0, 0.1) is 11.6 Å². The van der Waals surface area contributed by atoms with Crippen molar-refractivity contribution < 1.29 is 13.6 Å². The van der Waals surface area contributed by atoms with Crippen LogP contribution < -0.4 is 0 Å². The van der Waals surface area contributed by atoms with E-state index >= 15 is 0 Å². The fourth-order valence-electron chi connectivity index (χ4n) is 2.10. The highest BCUT2D eigenvalue weighted by molar-refractivity contribution is 5.96. The van der Waals surface area contributed by atoms with E-state index in [0.717, 1.165) is 6.07 Å². The summed E-state index contributed by atoms with van der Waals surface area (Å²) >= 11 is 0. The molecule has 1 aliphatic rings. The molecule has 0 aromatic heterocycles. The molecule has 0 atom stereocenters. The van der Waals surface area contributed by atoms with Crippen LogP contribution in [0.2, 0.25) is 0 Å². The minimum atomic E-state index is -0.602. The maximum Gasteiger partial charge on any atom is 0.246 e. The molecule has 1 amide bonds. The monoisotopic (exact) mass is 251 g/mol. The maximum absolute atomic E-state index is 13.5. The third-order valence-electron chi connectivity index (χ3n) is 3.30. The summed E-state index contributed by atoms with van der Waals surface area (Å²) in [5.74, 6) is -1.26. The van der Waals surface area contributed by atoms with E-state index in [1.54, 1.807) is 11.9 Å². The van der Waals surface area contributed by atoms with Gasteiger partial charge < -0.3 is 4.90 Å². The number of fused-ring (bicyclic) bond motifs is 1. The van der Waals surface area contributed by atoms with Crippen LogP contribution in [0.3, 0.4) is 0 Å². The van der Waals surface area contributed by atoms with Crippen LogP contribution in [0.25, 0.3) is 5.57 Å². The lowest BCUT2D eigenvalue weighted by Gasteiger charge is -2.12. The van der Waals surface area contributed by atoms with Crippen molar-refractivity contribution in [1.29, 1.82) is 0 Å². The van der Waals surface area contributed by atoms with E-state index in [0.29, 0.717) is 36.1 Å². The van der Waals surface area contributed by atoms with Gasteiger partial charge in [0.2, 0.25) is 5.91 Å². The second-order valence-electron chi connectivity index (χ2n) is 4.44. The highest BCUT2D eigenvalue weighted by atomic mass is 19.1. The Hall–Kier alpha value is -1.71. The number of benzene rings is 1. The van der Waals surface area contributed by atoms with E-state index in [1.165, 1.54) is 12.1 Å². The third kappa shape index (κ3) is 2.28. The van der Waals surface area contributed by atoms with Crippen molar-refractivity contribution >= 4 is 11.5 Å². The van der Waals surface area contributed by atoms with Gasteiger partial charge in [0.05, 0.1) is 0 Å². The van der Waals surface area contributed by atoms with Crippen molar-refractivity contribution in [3.63, 3.8) is 0 Å². The Kier molecular flexibility index (Phi) is 3.45. The number of allylic oxidation sites excluding steroid dienone is 1. The molecule has 18 heavy (non-hydrogen) atoms. The van der Waals surface area contributed by atoms with E-state index in [4.69, 9.17) is 0 Å². The normalized spacial score (nSPS) is 15.9. The van der Waals surface area contributed by atoms with Gasteiger partial charge in [0.15, 0.2) is 0 Å². The summed E-state index contributed by atoms with van der Waals surface area (Å²) in [7, 11) is 1.70. The van der Waals surface area contributed by atoms with Crippen molar-refractivity contribution in [2.24, 2.45) is 0 Å². The predicted molar refractivity (Wildman–Crippen MR) is 66.0 cm³/mol. The molecule has 2 nitrogen and oxygen atoms in total. The van der Waals surface area contributed by atoms with E-state index in [9.17, 15) is 13.6 Å². The first-order valence-electron chi connectivity index (χ1n) is 5.97. The zero-order chi connectivity index (χ0) is 13.3. The second-order valence-corrected chi connectivity index (χ2v) is 4.44. The first-order valence-corrected chi connectivity index (χ1v) is 5.97. The van der Waals surface area contributed by atoms with Crippen molar-refractivity contribution in [3.8, 4) is 0 Å². The molecule has 0 saturated heterocycles. The molecule has 1 aromatic rings. The minimum absolute atomic E-state index is 0.134. The Labute approximate surface area is 105 Å². The number of halogens is 2. The molecule has 0 aliphatic heterocycles. The Morgan fingerprint density at radius 3 is 2.78 bits per heavy atom. The highest BCUT2D eigenvalue weighted by Crippen LogP contribution is 2.34. The fraction of sp³-hybridized carbons (Fsp3) is 0.357. The van der Waals surface area contributed by atoms with Gasteiger partial charge in [0, 0.05) is 25.7 Å². The Balaban J connectivity index is 2.37. The molecule has 0 heterocycles. The number of carbonyl (C=O) groups excluding carboxylic acids is 1. The quantitative estimate of drug-likeness (QED) is 0.740. The van der Waals surface area contributed by atoms with Crippen molar-refractivity contribution in [2.75, 3.05) is 13.6 Å². The third-order valence-corrected chi connectivity index (χ3v) is 3.30. The Morgan fingerprint density at radius 2 is 2.11 bits per heavy atom. The minimum Gasteiger partial charge on any atom is -0.342 e. The topological polar surface area (TPSA) is 20.3 Å². The molecule has 2 rings (SSSR count). The molecule has 1 aliphatic carbocycles. The fourth-order valence-corrected chi connectivity index (χ4v) is 2.10. The van der Waals surface area contributed by atoms with Gasteiger partial charge in [-0.05, 0) is 42.5 Å². The van der Waals surface area contributed by atoms with Crippen molar-refractivity contribution in [1.82, 2.24) is 4.90 Å². The first kappa shape index (κ1) is 12.7. The summed E-state index contributed by atoms with van der Waals surface area (Å²) in [5.41, 5.74) is 1.76. The predicted octanol–water partition coefficient (Wildman–Crippen LogP) is 2.77. The lowest BCUT2D eigenvalue weighted by atomic mass is 10.1. The molecule has 0 spiro atoms. The maximum atomic E-state index is 13.5. The Morgan fingerprint density at radius 1 is 1.39 bits per heavy atom. The van der Waals surface area contributed by atoms with Gasteiger partial charge >= 0.3 is 0 Å². The highest BCUT2D eigenvalue weighted by Gasteiger charge is 2.22. The lowest BCUT2D eigenvalue weighted by Crippen LogP contribution is -2.24. The molecule has 1 aromatic carbocycles. The van der Waals surface area contributed by atoms with Gasteiger partial charge in [0.1, 0.15) is 11.6 Å². The largest absolute Gasteiger partial charge is 0.342 e. The number of hydrogen-bond donors (Lipinski definition) is 0. The van der Waals surface area contributed by atoms with Gasteiger partial charge in [-0.25, -0.2) is 8.78 Å². The summed E-state index contributed by atoms with van der Waals surface area (Å²) < 4.78 is 26.7. The van der Waals surface area contributed by atoms with Crippen molar-refractivity contribution in [3.05, 3.63) is 41.0 Å². The summed E-state index contributed by atoms with van der Waals surface area (Å²) in [5, 5.41) is 0. The Bertz CT molecular complexity index is 523. The zero-order valence-corrected chi connectivity index (χ0v) is 10.5. The number of nitrogens with zero attached hydrogens (tertiary/aromatic N) is 1. The molecule has 0 N–H and O–H groups in total. The second kappa shape index (κ2) is 4.88. The zero-order valence-electron chi connectivity index (χ0n) is 10.5. The number of hydrogen-bond acceptors (Lipinski definition) is 1. The summed E-state index contributed by atoms with van der Waals surface area (Å²) in [6.45, 7) is 2.48. The van der Waals surface area contributed by atoms with Gasteiger partial charge in [-0.1, -0.05) is 0 Å². The van der Waals surface area contributed by atoms with E-state index in [2.05, 4.69) is 0 Å². The summed E-state index contributed by atoms with van der Waals surface area (Å²) in [4.78, 5) is 13.3. The van der Waals surface area contributed by atoms with Gasteiger partial charge in [-0.2, -0.15) is 0 Å². The molecule has 0 bridgehead atoms. The molecular formula is C14H15F2NO.